The van der Waals surface area contributed by atoms with Gasteiger partial charge in [-0.3, -0.25) is 0 Å². The monoisotopic (exact) mass is 375 g/mol. The summed E-state index contributed by atoms with van der Waals surface area (Å²) < 4.78 is 6.38. The molecule has 26 heavy (non-hydrogen) atoms. The lowest BCUT2D eigenvalue weighted by molar-refractivity contribution is 0.113. The number of hydrogen-bond acceptors (Lipinski definition) is 6. The largest absolute Gasteiger partial charge is 0.474 e. The van der Waals surface area contributed by atoms with Crippen LogP contribution in [0.25, 0.3) is 10.2 Å². The summed E-state index contributed by atoms with van der Waals surface area (Å²) in [5.41, 5.74) is 7.73. The van der Waals surface area contributed by atoms with Gasteiger partial charge >= 0.3 is 0 Å². The molecule has 0 amide bonds. The van der Waals surface area contributed by atoms with E-state index < -0.39 is 0 Å². The van der Waals surface area contributed by atoms with Gasteiger partial charge in [-0.15, -0.1) is 11.3 Å². The molecule has 0 aliphatic heterocycles. The zero-order chi connectivity index (χ0) is 18.3. The molecule has 1 fully saturated rings. The van der Waals surface area contributed by atoms with Crippen molar-refractivity contribution >= 4 is 21.6 Å². The zero-order valence-corrected chi connectivity index (χ0v) is 16.5. The normalized spacial score (nSPS) is 29.7. The first-order chi connectivity index (χ1) is 12.5. The van der Waals surface area contributed by atoms with Crippen molar-refractivity contribution in [2.45, 2.75) is 88.9 Å². The highest BCUT2D eigenvalue weighted by Crippen LogP contribution is 2.47. The maximum absolute atomic E-state index is 9.88. The van der Waals surface area contributed by atoms with Crippen LogP contribution in [-0.4, -0.2) is 32.8 Å². The molecule has 0 radical (unpaired) electrons. The fourth-order valence-corrected chi connectivity index (χ4v) is 5.80. The zero-order valence-electron chi connectivity index (χ0n) is 15.7. The van der Waals surface area contributed by atoms with Gasteiger partial charge in [0.2, 0.25) is 5.88 Å². The van der Waals surface area contributed by atoms with Crippen molar-refractivity contribution in [3.05, 3.63) is 16.8 Å². The fraction of sp³-hybridized carbons (Fsp3) is 0.700. The highest BCUT2D eigenvalue weighted by molar-refractivity contribution is 7.19. The molecule has 2 aliphatic carbocycles. The van der Waals surface area contributed by atoms with Crippen molar-refractivity contribution in [1.82, 2.24) is 9.97 Å². The highest BCUT2D eigenvalue weighted by atomic mass is 32.1. The van der Waals surface area contributed by atoms with Crippen molar-refractivity contribution in [2.24, 2.45) is 5.73 Å². The van der Waals surface area contributed by atoms with E-state index in [-0.39, 0.29) is 17.7 Å². The van der Waals surface area contributed by atoms with Crippen molar-refractivity contribution in [3.63, 3.8) is 0 Å². The van der Waals surface area contributed by atoms with Crippen LogP contribution in [0.3, 0.4) is 0 Å². The second kappa shape index (κ2) is 7.06. The lowest BCUT2D eigenvalue weighted by atomic mass is 9.79. The molecule has 142 valence electrons. The maximum atomic E-state index is 9.88. The third kappa shape index (κ3) is 3.35. The summed E-state index contributed by atoms with van der Waals surface area (Å²) in [5.74, 6) is 1.12. The number of nitrogens with zero attached hydrogens (tertiary/aromatic N) is 2. The molecule has 1 saturated carbocycles. The predicted molar refractivity (Wildman–Crippen MR) is 105 cm³/mol. The van der Waals surface area contributed by atoms with Gasteiger partial charge in [-0.1, -0.05) is 6.92 Å². The summed E-state index contributed by atoms with van der Waals surface area (Å²) in [6.45, 7) is 4.04. The first-order valence-corrected chi connectivity index (χ1v) is 10.7. The molecule has 5 nitrogen and oxygen atoms in total. The van der Waals surface area contributed by atoms with Gasteiger partial charge in [0.1, 0.15) is 17.3 Å². The molecule has 2 heterocycles. The van der Waals surface area contributed by atoms with Gasteiger partial charge in [0.25, 0.3) is 0 Å². The van der Waals surface area contributed by atoms with Gasteiger partial charge in [-0.05, 0) is 69.8 Å². The van der Waals surface area contributed by atoms with Gasteiger partial charge in [-0.2, -0.15) is 0 Å². The SMILES string of the molecule is CCC1(N)CCC(Oc2ncnc3sc4c(c23)[C@@H](C[C@H](C)O)CC4)CC1. The summed E-state index contributed by atoms with van der Waals surface area (Å²) in [6.07, 6.45) is 9.49. The number of aromatic nitrogens is 2. The Labute approximate surface area is 159 Å². The smallest absolute Gasteiger partial charge is 0.225 e. The minimum Gasteiger partial charge on any atom is -0.474 e. The van der Waals surface area contributed by atoms with Crippen molar-refractivity contribution < 1.29 is 9.84 Å². The van der Waals surface area contributed by atoms with E-state index in [1.165, 1.54) is 10.4 Å². The van der Waals surface area contributed by atoms with Gasteiger partial charge in [0, 0.05) is 10.4 Å². The summed E-state index contributed by atoms with van der Waals surface area (Å²) in [7, 11) is 0. The number of thiophene rings is 1. The first-order valence-electron chi connectivity index (χ1n) is 9.89. The molecular formula is C20H29N3O2S. The topological polar surface area (TPSA) is 81.3 Å². The Morgan fingerprint density at radius 2 is 2.12 bits per heavy atom. The number of fused-ring (bicyclic) bond motifs is 3. The van der Waals surface area contributed by atoms with Crippen LogP contribution < -0.4 is 10.5 Å². The number of rotatable bonds is 5. The van der Waals surface area contributed by atoms with E-state index in [1.54, 1.807) is 17.7 Å². The highest BCUT2D eigenvalue weighted by Gasteiger charge is 2.33. The molecule has 4 rings (SSSR count). The van der Waals surface area contributed by atoms with Crippen LogP contribution in [0, 0.1) is 0 Å². The van der Waals surface area contributed by atoms with Crippen LogP contribution in [-0.2, 0) is 6.42 Å². The van der Waals surface area contributed by atoms with Gasteiger partial charge < -0.3 is 15.6 Å². The molecule has 0 saturated heterocycles. The molecule has 0 bridgehead atoms. The molecular weight excluding hydrogens is 346 g/mol. The molecule has 3 N–H and O–H groups in total. The first kappa shape index (κ1) is 18.1. The van der Waals surface area contributed by atoms with E-state index in [9.17, 15) is 5.11 Å². The second-order valence-electron chi connectivity index (χ2n) is 8.15. The third-order valence-electron chi connectivity index (χ3n) is 6.23. The predicted octanol–water partition coefficient (Wildman–Crippen LogP) is 3.92. The Kier molecular flexibility index (Phi) is 4.92. The summed E-state index contributed by atoms with van der Waals surface area (Å²) in [5, 5.41) is 11.0. The number of aliphatic hydroxyl groups excluding tert-OH is 1. The Morgan fingerprint density at radius 1 is 1.35 bits per heavy atom. The fourth-order valence-electron chi connectivity index (χ4n) is 4.57. The summed E-state index contributed by atoms with van der Waals surface area (Å²) in [4.78, 5) is 11.4. The van der Waals surface area contributed by atoms with Crippen LogP contribution in [0.1, 0.15) is 75.2 Å². The molecule has 6 heteroatoms. The van der Waals surface area contributed by atoms with Crippen molar-refractivity contribution in [1.29, 1.82) is 0 Å². The molecule has 0 unspecified atom stereocenters. The van der Waals surface area contributed by atoms with E-state index in [4.69, 9.17) is 10.5 Å². The standard InChI is InChI=1S/C20H29N3O2S/c1-3-20(21)8-6-14(7-9-20)25-18-17-16-13(10-12(2)24)4-5-15(16)26-19(17)23-11-22-18/h11-14,24H,3-10,21H2,1-2H3/t12-,13+,14?,20?/m0/s1. The van der Waals surface area contributed by atoms with Crippen molar-refractivity contribution in [3.8, 4) is 5.88 Å². The quantitative estimate of drug-likeness (QED) is 0.828. The van der Waals surface area contributed by atoms with Crippen LogP contribution in [0.5, 0.6) is 5.88 Å². The molecule has 0 spiro atoms. The van der Waals surface area contributed by atoms with Gasteiger partial charge in [-0.25, -0.2) is 9.97 Å². The summed E-state index contributed by atoms with van der Waals surface area (Å²) >= 11 is 1.76. The second-order valence-corrected chi connectivity index (χ2v) is 9.23. The molecule has 2 aromatic rings. The Balaban J connectivity index is 1.60. The number of ether oxygens (including phenoxy) is 1. The third-order valence-corrected chi connectivity index (χ3v) is 7.41. The Bertz CT molecular complexity index is 781. The van der Waals surface area contributed by atoms with E-state index in [0.717, 1.165) is 67.5 Å². The van der Waals surface area contributed by atoms with Gasteiger partial charge in [0.15, 0.2) is 0 Å². The van der Waals surface area contributed by atoms with Crippen LogP contribution in [0.2, 0.25) is 0 Å². The number of hydrogen-bond donors (Lipinski definition) is 2. The lowest BCUT2D eigenvalue weighted by Crippen LogP contribution is -2.44. The summed E-state index contributed by atoms with van der Waals surface area (Å²) in [6, 6.07) is 0. The van der Waals surface area contributed by atoms with Crippen LogP contribution in [0.15, 0.2) is 6.33 Å². The molecule has 2 aromatic heterocycles. The van der Waals surface area contributed by atoms with E-state index in [1.807, 2.05) is 6.92 Å². The van der Waals surface area contributed by atoms with Crippen molar-refractivity contribution in [2.75, 3.05) is 0 Å². The van der Waals surface area contributed by atoms with Crippen LogP contribution >= 0.6 is 11.3 Å². The van der Waals surface area contributed by atoms with E-state index in [2.05, 4.69) is 16.9 Å². The number of aryl methyl sites for hydroxylation is 1. The molecule has 0 aromatic carbocycles. The number of nitrogens with two attached hydrogens (primary N) is 1. The molecule has 2 aliphatic rings. The van der Waals surface area contributed by atoms with Crippen LogP contribution in [0.4, 0.5) is 0 Å². The average Bonchev–Trinajstić information content (AvgIpc) is 3.17. The van der Waals surface area contributed by atoms with E-state index in [0.29, 0.717) is 5.92 Å². The average molecular weight is 376 g/mol. The van der Waals surface area contributed by atoms with E-state index >= 15 is 0 Å². The van der Waals surface area contributed by atoms with Gasteiger partial charge in [0.05, 0.1) is 11.5 Å². The minimum atomic E-state index is -0.292. The maximum Gasteiger partial charge on any atom is 0.225 e. The Morgan fingerprint density at radius 3 is 2.81 bits per heavy atom. The molecule has 2 atom stereocenters. The minimum absolute atomic E-state index is 0.0210. The number of aliphatic hydroxyl groups is 1. The Hall–Kier alpha value is -1.24. The lowest BCUT2D eigenvalue weighted by Gasteiger charge is -2.36.